The molecule has 0 aromatic carbocycles. The molecule has 1 aliphatic rings. The standard InChI is InChI=1S/C9H17NO3/c1-9(2,3)13-6-4-7(8(11)12)10-5-6/h6-7,10H,4-5H2,1-3H3,(H,11,12)/t6-,7-/m0/s1. The predicted octanol–water partition coefficient (Wildman–Crippen LogP) is 0.617. The van der Waals surface area contributed by atoms with Crippen molar-refractivity contribution >= 4 is 5.97 Å². The van der Waals surface area contributed by atoms with Gasteiger partial charge in [0.1, 0.15) is 6.04 Å². The number of ether oxygens (including phenoxy) is 1. The van der Waals surface area contributed by atoms with Crippen molar-refractivity contribution in [2.24, 2.45) is 0 Å². The molecule has 76 valence electrons. The van der Waals surface area contributed by atoms with E-state index in [4.69, 9.17) is 9.84 Å². The Morgan fingerprint density at radius 1 is 1.54 bits per heavy atom. The van der Waals surface area contributed by atoms with Crippen molar-refractivity contribution in [3.8, 4) is 0 Å². The molecule has 0 aromatic rings. The lowest BCUT2D eigenvalue weighted by Gasteiger charge is -2.24. The van der Waals surface area contributed by atoms with E-state index in [9.17, 15) is 4.79 Å². The molecule has 4 heteroatoms. The van der Waals surface area contributed by atoms with E-state index in [-0.39, 0.29) is 11.7 Å². The fraction of sp³-hybridized carbons (Fsp3) is 0.889. The van der Waals surface area contributed by atoms with Gasteiger partial charge in [0, 0.05) is 13.0 Å². The first-order chi connectivity index (χ1) is 5.88. The second-order valence-electron chi connectivity index (χ2n) is 4.39. The Morgan fingerprint density at radius 2 is 2.15 bits per heavy atom. The normalized spacial score (nSPS) is 29.2. The summed E-state index contributed by atoms with van der Waals surface area (Å²) in [4.78, 5) is 10.6. The third-order valence-electron chi connectivity index (χ3n) is 1.91. The molecule has 0 radical (unpaired) electrons. The molecule has 0 saturated carbocycles. The third-order valence-corrected chi connectivity index (χ3v) is 1.91. The van der Waals surface area contributed by atoms with Gasteiger partial charge in [-0.25, -0.2) is 0 Å². The summed E-state index contributed by atoms with van der Waals surface area (Å²) in [5.41, 5.74) is -0.195. The van der Waals surface area contributed by atoms with Gasteiger partial charge in [-0.1, -0.05) is 0 Å². The van der Waals surface area contributed by atoms with E-state index in [1.807, 2.05) is 20.8 Å². The van der Waals surface area contributed by atoms with Crippen molar-refractivity contribution in [3.63, 3.8) is 0 Å². The highest BCUT2D eigenvalue weighted by atomic mass is 16.5. The highest BCUT2D eigenvalue weighted by Gasteiger charge is 2.31. The highest BCUT2D eigenvalue weighted by Crippen LogP contribution is 2.17. The van der Waals surface area contributed by atoms with Crippen LogP contribution in [-0.4, -0.2) is 35.4 Å². The zero-order valence-electron chi connectivity index (χ0n) is 8.33. The second kappa shape index (κ2) is 3.64. The third kappa shape index (κ3) is 3.32. The van der Waals surface area contributed by atoms with Gasteiger partial charge < -0.3 is 15.2 Å². The minimum atomic E-state index is -0.792. The quantitative estimate of drug-likeness (QED) is 0.665. The Labute approximate surface area is 78.3 Å². The Balaban J connectivity index is 2.38. The van der Waals surface area contributed by atoms with E-state index < -0.39 is 12.0 Å². The first-order valence-electron chi connectivity index (χ1n) is 4.52. The van der Waals surface area contributed by atoms with Crippen LogP contribution in [0.2, 0.25) is 0 Å². The van der Waals surface area contributed by atoms with Gasteiger partial charge in [0.05, 0.1) is 11.7 Å². The number of nitrogens with one attached hydrogen (secondary N) is 1. The first-order valence-corrected chi connectivity index (χ1v) is 4.52. The molecule has 1 aliphatic heterocycles. The molecule has 0 spiro atoms. The lowest BCUT2D eigenvalue weighted by Crippen LogP contribution is -2.30. The number of hydrogen-bond acceptors (Lipinski definition) is 3. The molecule has 13 heavy (non-hydrogen) atoms. The average Bonchev–Trinajstić information content (AvgIpc) is 2.31. The minimum Gasteiger partial charge on any atom is -0.480 e. The minimum absolute atomic E-state index is 0.0288. The maximum atomic E-state index is 10.6. The highest BCUT2D eigenvalue weighted by molar-refractivity contribution is 5.73. The summed E-state index contributed by atoms with van der Waals surface area (Å²) in [5.74, 6) is -0.792. The van der Waals surface area contributed by atoms with Crippen molar-refractivity contribution < 1.29 is 14.6 Å². The SMILES string of the molecule is CC(C)(C)O[C@@H]1CN[C@H](C(=O)O)C1. The van der Waals surface area contributed by atoms with Gasteiger partial charge in [0.25, 0.3) is 0 Å². The molecular weight excluding hydrogens is 170 g/mol. The molecule has 0 aromatic heterocycles. The van der Waals surface area contributed by atoms with E-state index in [0.717, 1.165) is 0 Å². The summed E-state index contributed by atoms with van der Waals surface area (Å²) in [6, 6.07) is -0.438. The maximum Gasteiger partial charge on any atom is 0.320 e. The van der Waals surface area contributed by atoms with Crippen LogP contribution in [0, 0.1) is 0 Å². The van der Waals surface area contributed by atoms with E-state index in [1.165, 1.54) is 0 Å². The molecule has 0 aliphatic carbocycles. The van der Waals surface area contributed by atoms with Crippen LogP contribution < -0.4 is 5.32 Å². The van der Waals surface area contributed by atoms with Crippen LogP contribution in [0.5, 0.6) is 0 Å². The Bertz CT molecular complexity index is 198. The molecule has 4 nitrogen and oxygen atoms in total. The summed E-state index contributed by atoms with van der Waals surface area (Å²) in [5, 5.41) is 11.6. The number of carboxylic acids is 1. The fourth-order valence-electron chi connectivity index (χ4n) is 1.48. The number of rotatable bonds is 2. The van der Waals surface area contributed by atoms with E-state index in [2.05, 4.69) is 5.32 Å². The number of carboxylic acid groups (broad SMARTS) is 1. The average molecular weight is 187 g/mol. The maximum absolute atomic E-state index is 10.6. The monoisotopic (exact) mass is 187 g/mol. The van der Waals surface area contributed by atoms with Gasteiger partial charge in [-0.05, 0) is 20.8 Å². The van der Waals surface area contributed by atoms with Crippen LogP contribution >= 0.6 is 0 Å². The molecular formula is C9H17NO3. The van der Waals surface area contributed by atoms with Gasteiger partial charge in [-0.2, -0.15) is 0 Å². The van der Waals surface area contributed by atoms with Gasteiger partial charge in [0.15, 0.2) is 0 Å². The van der Waals surface area contributed by atoms with Crippen LogP contribution in [0.1, 0.15) is 27.2 Å². The zero-order valence-corrected chi connectivity index (χ0v) is 8.33. The van der Waals surface area contributed by atoms with Crippen LogP contribution in [0.4, 0.5) is 0 Å². The van der Waals surface area contributed by atoms with E-state index >= 15 is 0 Å². The van der Waals surface area contributed by atoms with Gasteiger partial charge in [-0.15, -0.1) is 0 Å². The molecule has 2 atom stereocenters. The summed E-state index contributed by atoms with van der Waals surface area (Å²) >= 11 is 0. The summed E-state index contributed by atoms with van der Waals surface area (Å²) in [7, 11) is 0. The molecule has 1 fully saturated rings. The summed E-state index contributed by atoms with van der Waals surface area (Å²) in [6.45, 7) is 6.55. The molecule has 0 amide bonds. The van der Waals surface area contributed by atoms with Crippen LogP contribution in [0.25, 0.3) is 0 Å². The van der Waals surface area contributed by atoms with Crippen molar-refractivity contribution in [1.82, 2.24) is 5.32 Å². The van der Waals surface area contributed by atoms with Crippen molar-refractivity contribution in [2.45, 2.75) is 44.9 Å². The van der Waals surface area contributed by atoms with Gasteiger partial charge in [-0.3, -0.25) is 4.79 Å². The molecule has 0 unspecified atom stereocenters. The van der Waals surface area contributed by atoms with Crippen LogP contribution in [-0.2, 0) is 9.53 Å². The lowest BCUT2D eigenvalue weighted by molar-refractivity contribution is -0.139. The van der Waals surface area contributed by atoms with Gasteiger partial charge in [0.2, 0.25) is 0 Å². The second-order valence-corrected chi connectivity index (χ2v) is 4.39. The topological polar surface area (TPSA) is 58.6 Å². The van der Waals surface area contributed by atoms with Crippen molar-refractivity contribution in [1.29, 1.82) is 0 Å². The number of carbonyl (C=O) groups is 1. The van der Waals surface area contributed by atoms with Crippen molar-refractivity contribution in [3.05, 3.63) is 0 Å². The van der Waals surface area contributed by atoms with Crippen molar-refractivity contribution in [2.75, 3.05) is 6.54 Å². The Kier molecular flexibility index (Phi) is 2.93. The van der Waals surface area contributed by atoms with E-state index in [1.54, 1.807) is 0 Å². The number of hydrogen-bond donors (Lipinski definition) is 2. The molecule has 2 N–H and O–H groups in total. The predicted molar refractivity (Wildman–Crippen MR) is 48.7 cm³/mol. The smallest absolute Gasteiger partial charge is 0.320 e. The Morgan fingerprint density at radius 3 is 2.54 bits per heavy atom. The van der Waals surface area contributed by atoms with Crippen LogP contribution in [0.15, 0.2) is 0 Å². The summed E-state index contributed by atoms with van der Waals surface area (Å²) < 4.78 is 5.65. The van der Waals surface area contributed by atoms with E-state index in [0.29, 0.717) is 13.0 Å². The lowest BCUT2D eigenvalue weighted by atomic mass is 10.1. The fourth-order valence-corrected chi connectivity index (χ4v) is 1.48. The zero-order chi connectivity index (χ0) is 10.1. The Hall–Kier alpha value is -0.610. The molecule has 0 bridgehead atoms. The summed E-state index contributed by atoms with van der Waals surface area (Å²) in [6.07, 6.45) is 0.591. The largest absolute Gasteiger partial charge is 0.480 e. The molecule has 1 rings (SSSR count). The number of aliphatic carboxylic acids is 1. The molecule has 1 heterocycles. The first kappa shape index (κ1) is 10.5. The molecule has 1 saturated heterocycles. The van der Waals surface area contributed by atoms with Crippen LogP contribution in [0.3, 0.4) is 0 Å². The van der Waals surface area contributed by atoms with Gasteiger partial charge >= 0.3 is 5.97 Å².